The zero-order valence-electron chi connectivity index (χ0n) is 15.7. The maximum atomic E-state index is 12.6. The zero-order valence-corrected chi connectivity index (χ0v) is 18.9. The largest absolute Gasteiger partial charge is 0.434 e. The van der Waals surface area contributed by atoms with Crippen LogP contribution in [-0.2, 0) is 19.0 Å². The molecule has 0 fully saturated rings. The molecule has 11 heteroatoms. The normalized spacial score (nSPS) is 12.1. The van der Waals surface area contributed by atoms with Crippen LogP contribution in [0.3, 0.4) is 0 Å². The van der Waals surface area contributed by atoms with E-state index in [0.717, 1.165) is 34.5 Å². The minimum absolute atomic E-state index is 0. The molecule has 0 unspecified atom stereocenters. The summed E-state index contributed by atoms with van der Waals surface area (Å²) in [6.45, 7) is 3.64. The van der Waals surface area contributed by atoms with Crippen LogP contribution in [0.15, 0.2) is 41.0 Å². The second-order valence-electron chi connectivity index (χ2n) is 6.01. The first-order chi connectivity index (χ1) is 13.5. The van der Waals surface area contributed by atoms with E-state index in [9.17, 15) is 13.2 Å². The first-order valence-corrected chi connectivity index (χ1v) is 9.80. The highest BCUT2D eigenvalue weighted by Gasteiger charge is 2.33. The number of fused-ring (bicyclic) bond motifs is 1. The van der Waals surface area contributed by atoms with Crippen LogP contribution in [0.25, 0.3) is 5.65 Å². The fourth-order valence-corrected chi connectivity index (χ4v) is 3.37. The van der Waals surface area contributed by atoms with E-state index in [-0.39, 0.29) is 24.0 Å². The van der Waals surface area contributed by atoms with Gasteiger partial charge in [0.2, 0.25) is 0 Å². The third-order valence-corrected chi connectivity index (χ3v) is 4.78. The van der Waals surface area contributed by atoms with Crippen molar-refractivity contribution in [2.24, 2.45) is 4.99 Å². The lowest BCUT2D eigenvalue weighted by Gasteiger charge is -2.10. The number of alkyl halides is 3. The van der Waals surface area contributed by atoms with Crippen molar-refractivity contribution in [3.05, 3.63) is 52.4 Å². The number of hydrogen-bond acceptors (Lipinski definition) is 4. The Morgan fingerprint density at radius 3 is 2.72 bits per heavy atom. The molecule has 0 aromatic carbocycles. The van der Waals surface area contributed by atoms with E-state index >= 15 is 0 Å². The minimum Gasteiger partial charge on any atom is -0.357 e. The van der Waals surface area contributed by atoms with Crippen molar-refractivity contribution >= 4 is 46.9 Å². The van der Waals surface area contributed by atoms with Gasteiger partial charge in [-0.25, -0.2) is 9.97 Å². The number of pyridine rings is 1. The summed E-state index contributed by atoms with van der Waals surface area (Å²) in [4.78, 5) is 12.6. The van der Waals surface area contributed by atoms with Gasteiger partial charge in [0.25, 0.3) is 0 Å². The molecule has 0 saturated heterocycles. The second-order valence-corrected chi connectivity index (χ2v) is 6.95. The van der Waals surface area contributed by atoms with Crippen LogP contribution in [0.5, 0.6) is 0 Å². The second kappa shape index (κ2) is 10.8. The van der Waals surface area contributed by atoms with E-state index < -0.39 is 11.9 Å². The molecule has 0 radical (unpaired) electrons. The van der Waals surface area contributed by atoms with Crippen LogP contribution in [0.2, 0.25) is 0 Å². The van der Waals surface area contributed by atoms with Gasteiger partial charge in [0.05, 0.1) is 10.7 Å². The quantitative estimate of drug-likeness (QED) is 0.273. The molecule has 29 heavy (non-hydrogen) atoms. The van der Waals surface area contributed by atoms with E-state index in [1.54, 1.807) is 0 Å². The zero-order chi connectivity index (χ0) is 20.0. The number of nitrogens with one attached hydrogen (secondary N) is 2. The Kier molecular flexibility index (Phi) is 8.68. The summed E-state index contributed by atoms with van der Waals surface area (Å²) in [5, 5.41) is 7.82. The topological polar surface area (TPSA) is 66.6 Å². The molecule has 0 bridgehead atoms. The summed E-state index contributed by atoms with van der Waals surface area (Å²) >= 11 is 1.01. The monoisotopic (exact) mass is 538 g/mol. The Morgan fingerprint density at radius 1 is 1.21 bits per heavy atom. The number of aromatic nitrogens is 3. The number of nitrogens with zero attached hydrogens (tertiary/aromatic N) is 4. The summed E-state index contributed by atoms with van der Waals surface area (Å²) in [5.41, 5.74) is 1.03. The summed E-state index contributed by atoms with van der Waals surface area (Å²) in [5.74, 6) is 0.624. The number of imidazole rings is 1. The van der Waals surface area contributed by atoms with Crippen molar-refractivity contribution < 1.29 is 13.2 Å². The van der Waals surface area contributed by atoms with Gasteiger partial charge in [0.1, 0.15) is 5.65 Å². The summed E-state index contributed by atoms with van der Waals surface area (Å²) < 4.78 is 39.7. The van der Waals surface area contributed by atoms with Gasteiger partial charge in [0.15, 0.2) is 11.7 Å². The molecule has 0 aliphatic rings. The fourth-order valence-electron chi connectivity index (χ4n) is 2.58. The Morgan fingerprint density at radius 2 is 2.03 bits per heavy atom. The standard InChI is InChI=1S/C18H21F3N6S.HI/c1-2-22-17(24-9-7-16-26-14(12-28-16)18(19,20)21)23-8-6-13-11-27-10-4-3-5-15(27)25-13;/h3-5,10-12H,2,6-9H2,1H3,(H2,22,23,24);1H. The van der Waals surface area contributed by atoms with Gasteiger partial charge in [-0.05, 0) is 19.1 Å². The van der Waals surface area contributed by atoms with Gasteiger partial charge in [-0.15, -0.1) is 35.3 Å². The molecule has 2 N–H and O–H groups in total. The molecule has 3 aromatic heterocycles. The summed E-state index contributed by atoms with van der Waals surface area (Å²) in [6, 6.07) is 5.85. The van der Waals surface area contributed by atoms with Crippen molar-refractivity contribution in [2.45, 2.75) is 25.9 Å². The van der Waals surface area contributed by atoms with Gasteiger partial charge < -0.3 is 15.0 Å². The van der Waals surface area contributed by atoms with Gasteiger partial charge >= 0.3 is 6.18 Å². The molecule has 3 aromatic rings. The number of halogens is 4. The predicted octanol–water partition coefficient (Wildman–Crippen LogP) is 3.77. The van der Waals surface area contributed by atoms with E-state index in [1.807, 2.05) is 41.9 Å². The van der Waals surface area contributed by atoms with Gasteiger partial charge in [-0.1, -0.05) is 6.07 Å². The van der Waals surface area contributed by atoms with E-state index in [1.165, 1.54) is 0 Å². The molecule has 3 rings (SSSR count). The van der Waals surface area contributed by atoms with Crippen LogP contribution >= 0.6 is 35.3 Å². The van der Waals surface area contributed by atoms with Crippen molar-refractivity contribution in [1.82, 2.24) is 25.0 Å². The Bertz CT molecular complexity index is 904. The Balaban J connectivity index is 0.00000300. The molecule has 3 heterocycles. The van der Waals surface area contributed by atoms with Crippen molar-refractivity contribution in [3.63, 3.8) is 0 Å². The van der Waals surface area contributed by atoms with Crippen LogP contribution in [0.4, 0.5) is 13.2 Å². The maximum absolute atomic E-state index is 12.6. The third-order valence-electron chi connectivity index (χ3n) is 3.87. The van der Waals surface area contributed by atoms with E-state index in [0.29, 0.717) is 37.0 Å². The Hall–Kier alpha value is -1.89. The highest BCUT2D eigenvalue weighted by atomic mass is 127. The molecule has 0 saturated carbocycles. The highest BCUT2D eigenvalue weighted by molar-refractivity contribution is 14.0. The Labute approximate surface area is 187 Å². The van der Waals surface area contributed by atoms with Crippen molar-refractivity contribution in [3.8, 4) is 0 Å². The van der Waals surface area contributed by atoms with Crippen molar-refractivity contribution in [2.75, 3.05) is 19.6 Å². The number of guanidine groups is 1. The van der Waals surface area contributed by atoms with Crippen LogP contribution in [0.1, 0.15) is 23.3 Å². The molecule has 0 aliphatic heterocycles. The molecular formula is C18H22F3IN6S. The fraction of sp³-hybridized carbons (Fsp3) is 0.389. The minimum atomic E-state index is -4.40. The lowest BCUT2D eigenvalue weighted by atomic mass is 10.3. The lowest BCUT2D eigenvalue weighted by molar-refractivity contribution is -0.140. The molecule has 0 atom stereocenters. The maximum Gasteiger partial charge on any atom is 0.434 e. The van der Waals surface area contributed by atoms with Crippen LogP contribution < -0.4 is 10.6 Å². The third kappa shape index (κ3) is 6.84. The van der Waals surface area contributed by atoms with Crippen LogP contribution in [-0.4, -0.2) is 40.0 Å². The summed E-state index contributed by atoms with van der Waals surface area (Å²) in [7, 11) is 0. The predicted molar refractivity (Wildman–Crippen MR) is 119 cm³/mol. The van der Waals surface area contributed by atoms with Crippen LogP contribution in [0, 0.1) is 0 Å². The first-order valence-electron chi connectivity index (χ1n) is 8.92. The average Bonchev–Trinajstić information content (AvgIpc) is 3.28. The molecule has 158 valence electrons. The number of hydrogen-bond donors (Lipinski definition) is 2. The number of aliphatic imine (C=N–C) groups is 1. The highest BCUT2D eigenvalue weighted by Crippen LogP contribution is 2.30. The van der Waals surface area contributed by atoms with Gasteiger partial charge in [0, 0.05) is 50.2 Å². The average molecular weight is 538 g/mol. The van der Waals surface area contributed by atoms with E-state index in [4.69, 9.17) is 0 Å². The molecule has 0 aliphatic carbocycles. The SMILES string of the molecule is CCNC(=NCCc1nc(C(F)(F)F)cs1)NCCc1cn2ccccc2n1.I. The first kappa shape index (κ1) is 23.4. The van der Waals surface area contributed by atoms with E-state index in [2.05, 4.69) is 25.6 Å². The smallest absolute Gasteiger partial charge is 0.357 e. The number of thiazole rings is 1. The molecule has 6 nitrogen and oxygen atoms in total. The van der Waals surface area contributed by atoms with Gasteiger partial charge in [-0.3, -0.25) is 4.99 Å². The molecular weight excluding hydrogens is 516 g/mol. The summed E-state index contributed by atoms with van der Waals surface area (Å²) in [6.07, 6.45) is 0.638. The lowest BCUT2D eigenvalue weighted by Crippen LogP contribution is -2.38. The molecule has 0 amide bonds. The molecule has 0 spiro atoms. The number of rotatable bonds is 7. The van der Waals surface area contributed by atoms with Crippen molar-refractivity contribution in [1.29, 1.82) is 0 Å². The van der Waals surface area contributed by atoms with Gasteiger partial charge in [-0.2, -0.15) is 13.2 Å².